The summed E-state index contributed by atoms with van der Waals surface area (Å²) in [4.78, 5) is 52.1. The van der Waals surface area contributed by atoms with Gasteiger partial charge in [0.25, 0.3) is 0 Å². The predicted molar refractivity (Wildman–Crippen MR) is 116 cm³/mol. The number of likely N-dealkylation sites (N-methyl/N-ethyl adjacent to an activating group) is 1. The Labute approximate surface area is 193 Å². The molecule has 2 bridgehead atoms. The van der Waals surface area contributed by atoms with Crippen LogP contribution in [0.25, 0.3) is 0 Å². The predicted octanol–water partition coefficient (Wildman–Crippen LogP) is 0.914. The Balaban J connectivity index is 2.63. The van der Waals surface area contributed by atoms with E-state index in [1.807, 2.05) is 11.9 Å². The maximum Gasteiger partial charge on any atom is 0.351 e. The van der Waals surface area contributed by atoms with E-state index >= 15 is 0 Å². The monoisotopic (exact) mass is 467 g/mol. The second kappa shape index (κ2) is 10.9. The minimum atomic E-state index is -1.90. The SMILES string of the molecule is C/C=C1/C(=O)O[C@@H]2CCN(C)C/C=C(/COC(=O)[C@](C)(OC(C)=O)[C@H](C)[C@@H]1OC(C)=O)[C@@H]2O. The highest BCUT2D eigenvalue weighted by Crippen LogP contribution is 2.34. The van der Waals surface area contributed by atoms with Gasteiger partial charge in [-0.05, 0) is 26.5 Å². The van der Waals surface area contributed by atoms with E-state index in [-0.39, 0.29) is 12.2 Å². The second-order valence-electron chi connectivity index (χ2n) is 8.56. The first-order chi connectivity index (χ1) is 15.4. The quantitative estimate of drug-likeness (QED) is 0.271. The van der Waals surface area contributed by atoms with Crippen molar-refractivity contribution in [1.29, 1.82) is 0 Å². The maximum atomic E-state index is 13.2. The summed E-state index contributed by atoms with van der Waals surface area (Å²) in [5, 5.41) is 10.9. The maximum absolute atomic E-state index is 13.2. The van der Waals surface area contributed by atoms with Crippen LogP contribution in [-0.4, -0.2) is 84.5 Å². The number of aliphatic hydroxyl groups excluding tert-OH is 1. The number of hydrogen-bond donors (Lipinski definition) is 1. The number of allylic oxidation sites excluding steroid dienone is 1. The van der Waals surface area contributed by atoms with Crippen LogP contribution in [0.2, 0.25) is 0 Å². The largest absolute Gasteiger partial charge is 0.458 e. The van der Waals surface area contributed by atoms with Gasteiger partial charge in [0.2, 0.25) is 5.60 Å². The van der Waals surface area contributed by atoms with Gasteiger partial charge in [-0.3, -0.25) is 9.59 Å². The van der Waals surface area contributed by atoms with Gasteiger partial charge >= 0.3 is 23.9 Å². The third kappa shape index (κ3) is 6.20. The van der Waals surface area contributed by atoms with Crippen molar-refractivity contribution in [3.8, 4) is 0 Å². The van der Waals surface area contributed by atoms with Crippen molar-refractivity contribution in [2.75, 3.05) is 26.7 Å². The Morgan fingerprint density at radius 2 is 1.94 bits per heavy atom. The van der Waals surface area contributed by atoms with Crippen molar-refractivity contribution >= 4 is 23.9 Å². The Morgan fingerprint density at radius 3 is 2.52 bits per heavy atom. The average molecular weight is 468 g/mol. The van der Waals surface area contributed by atoms with Gasteiger partial charge in [0.15, 0.2) is 0 Å². The molecule has 0 aromatic carbocycles. The van der Waals surface area contributed by atoms with Crippen LogP contribution in [-0.2, 0) is 38.1 Å². The number of carbonyl (C=O) groups is 4. The molecule has 184 valence electrons. The molecule has 33 heavy (non-hydrogen) atoms. The normalized spacial score (nSPS) is 34.9. The van der Waals surface area contributed by atoms with Gasteiger partial charge in [-0.25, -0.2) is 9.59 Å². The van der Waals surface area contributed by atoms with E-state index in [0.29, 0.717) is 25.1 Å². The van der Waals surface area contributed by atoms with E-state index in [0.717, 1.165) is 13.8 Å². The summed E-state index contributed by atoms with van der Waals surface area (Å²) in [6.07, 6.45) is 0.0692. The van der Waals surface area contributed by atoms with Crippen LogP contribution in [0.5, 0.6) is 0 Å². The second-order valence-corrected chi connectivity index (χ2v) is 8.56. The fraction of sp³-hybridized carbons (Fsp3) is 0.652. The number of ether oxygens (including phenoxy) is 4. The van der Waals surface area contributed by atoms with Crippen molar-refractivity contribution in [2.24, 2.45) is 5.92 Å². The van der Waals surface area contributed by atoms with Gasteiger partial charge < -0.3 is 29.0 Å². The van der Waals surface area contributed by atoms with E-state index < -0.39 is 53.7 Å². The summed E-state index contributed by atoms with van der Waals surface area (Å²) >= 11 is 0. The topological polar surface area (TPSA) is 129 Å². The van der Waals surface area contributed by atoms with Crippen LogP contribution in [0.15, 0.2) is 23.3 Å². The van der Waals surface area contributed by atoms with Gasteiger partial charge in [-0.1, -0.05) is 19.1 Å². The van der Waals surface area contributed by atoms with E-state index in [1.54, 1.807) is 13.0 Å². The number of aliphatic hydroxyl groups is 1. The molecular formula is C23H33NO9. The molecule has 1 fully saturated rings. The third-order valence-corrected chi connectivity index (χ3v) is 6.05. The van der Waals surface area contributed by atoms with E-state index in [1.165, 1.54) is 19.9 Å². The number of rotatable bonds is 2. The lowest BCUT2D eigenvalue weighted by Gasteiger charge is -2.38. The Kier molecular flexibility index (Phi) is 8.79. The van der Waals surface area contributed by atoms with Gasteiger partial charge in [0.05, 0.1) is 5.57 Å². The molecule has 0 saturated carbocycles. The van der Waals surface area contributed by atoms with Crippen molar-refractivity contribution in [3.63, 3.8) is 0 Å². The molecule has 0 amide bonds. The zero-order valence-electron chi connectivity index (χ0n) is 20.0. The molecule has 10 heteroatoms. The Bertz CT molecular complexity index is 849. The lowest BCUT2D eigenvalue weighted by atomic mass is 9.82. The molecular weight excluding hydrogens is 434 g/mol. The number of fused-ring (bicyclic) bond motifs is 2. The molecule has 2 heterocycles. The molecule has 1 N–H and O–H groups in total. The molecule has 2 aliphatic rings. The van der Waals surface area contributed by atoms with Crippen LogP contribution < -0.4 is 0 Å². The number of esters is 4. The summed E-state index contributed by atoms with van der Waals surface area (Å²) in [7, 11) is 1.87. The molecule has 0 aliphatic carbocycles. The van der Waals surface area contributed by atoms with Crippen LogP contribution in [0.4, 0.5) is 0 Å². The van der Waals surface area contributed by atoms with Crippen LogP contribution >= 0.6 is 0 Å². The zero-order chi connectivity index (χ0) is 24.9. The highest BCUT2D eigenvalue weighted by Gasteiger charge is 2.51. The summed E-state index contributed by atoms with van der Waals surface area (Å²) in [6.45, 7) is 7.46. The number of cyclic esters (lactones) is 1. The number of nitrogens with zero attached hydrogens (tertiary/aromatic N) is 1. The molecule has 5 atom stereocenters. The average Bonchev–Trinajstić information content (AvgIpc) is 2.72. The minimum Gasteiger partial charge on any atom is -0.458 e. The first-order valence-corrected chi connectivity index (χ1v) is 10.9. The van der Waals surface area contributed by atoms with E-state index in [9.17, 15) is 24.3 Å². The van der Waals surface area contributed by atoms with Crippen LogP contribution in [0, 0.1) is 5.92 Å². The molecule has 10 nitrogen and oxygen atoms in total. The van der Waals surface area contributed by atoms with Crippen LogP contribution in [0.3, 0.4) is 0 Å². The smallest absolute Gasteiger partial charge is 0.351 e. The molecule has 0 radical (unpaired) electrons. The van der Waals surface area contributed by atoms with Gasteiger partial charge in [-0.2, -0.15) is 0 Å². The van der Waals surface area contributed by atoms with Crippen molar-refractivity contribution in [1.82, 2.24) is 4.90 Å². The standard InChI is InChI=1S/C23H33NO9/c1-7-17-20(31-14(3)25)13(2)23(5,33-15(4)26)22(29)30-12-16-8-10-24(6)11-9-18(19(16)27)32-21(17)28/h7-8,13,18-20,27H,9-12H2,1-6H3/b16-8-,17-7+/t13-,18-,19+,20+,23-/m1/s1. The van der Waals surface area contributed by atoms with Gasteiger partial charge in [0, 0.05) is 39.3 Å². The molecule has 0 aromatic rings. The van der Waals surface area contributed by atoms with Crippen molar-refractivity contribution in [2.45, 2.75) is 65.0 Å². The Morgan fingerprint density at radius 1 is 1.27 bits per heavy atom. The highest BCUT2D eigenvalue weighted by atomic mass is 16.6. The summed E-state index contributed by atoms with van der Waals surface area (Å²) in [5.74, 6) is -4.17. The summed E-state index contributed by atoms with van der Waals surface area (Å²) < 4.78 is 21.9. The summed E-state index contributed by atoms with van der Waals surface area (Å²) in [6, 6.07) is 0. The lowest BCUT2D eigenvalue weighted by Crippen LogP contribution is -2.53. The van der Waals surface area contributed by atoms with Crippen molar-refractivity contribution in [3.05, 3.63) is 23.3 Å². The summed E-state index contributed by atoms with van der Waals surface area (Å²) in [5.41, 5.74) is -1.58. The van der Waals surface area contributed by atoms with E-state index in [2.05, 4.69) is 0 Å². The minimum absolute atomic E-state index is 0.0439. The number of hydrogen-bond acceptors (Lipinski definition) is 10. The molecule has 0 unspecified atom stereocenters. The zero-order valence-corrected chi connectivity index (χ0v) is 20.0. The molecule has 2 rings (SSSR count). The molecule has 0 spiro atoms. The van der Waals surface area contributed by atoms with E-state index in [4.69, 9.17) is 18.9 Å². The number of carbonyl (C=O) groups excluding carboxylic acids is 4. The highest BCUT2D eigenvalue weighted by molar-refractivity contribution is 5.91. The van der Waals surface area contributed by atoms with Gasteiger partial charge in [-0.15, -0.1) is 0 Å². The van der Waals surface area contributed by atoms with Gasteiger partial charge in [0.1, 0.15) is 24.9 Å². The molecule has 2 aliphatic heterocycles. The van der Waals surface area contributed by atoms with Crippen LogP contribution in [0.1, 0.15) is 41.0 Å². The third-order valence-electron chi connectivity index (χ3n) is 6.05. The fourth-order valence-electron chi connectivity index (χ4n) is 3.91. The molecule has 0 aromatic heterocycles. The van der Waals surface area contributed by atoms with Crippen molar-refractivity contribution < 1.29 is 43.2 Å². The first kappa shape index (κ1) is 26.5. The molecule has 1 saturated heterocycles. The first-order valence-electron chi connectivity index (χ1n) is 10.9. The fourth-order valence-corrected chi connectivity index (χ4v) is 3.91. The lowest BCUT2D eigenvalue weighted by molar-refractivity contribution is -0.192. The Hall–Kier alpha value is -2.72.